The molecule has 0 aromatic heterocycles. The number of likely N-dealkylation sites (tertiary alicyclic amines) is 1. The van der Waals surface area contributed by atoms with E-state index in [1.54, 1.807) is 0 Å². The Balaban J connectivity index is 1.87. The summed E-state index contributed by atoms with van der Waals surface area (Å²) in [7, 11) is 0. The largest absolute Gasteiger partial charge is 0.399 e. The van der Waals surface area contributed by atoms with Gasteiger partial charge in [-0.25, -0.2) is 0 Å². The first-order valence-corrected chi connectivity index (χ1v) is 8.02. The van der Waals surface area contributed by atoms with Gasteiger partial charge in [-0.3, -0.25) is 4.90 Å². The molecule has 1 heterocycles. The van der Waals surface area contributed by atoms with Crippen molar-refractivity contribution in [1.82, 2.24) is 4.90 Å². The Morgan fingerprint density at radius 1 is 1.28 bits per heavy atom. The summed E-state index contributed by atoms with van der Waals surface area (Å²) in [6.45, 7) is 5.84. The number of hydrogen-bond donors (Lipinski definition) is 1. The molecule has 2 rings (SSSR count). The Morgan fingerprint density at radius 3 is 2.61 bits per heavy atom. The van der Waals surface area contributed by atoms with E-state index in [4.69, 9.17) is 5.73 Å². The van der Waals surface area contributed by atoms with Crippen LogP contribution >= 0.6 is 22.6 Å². The van der Waals surface area contributed by atoms with Crippen molar-refractivity contribution in [3.8, 4) is 0 Å². The van der Waals surface area contributed by atoms with E-state index in [0.717, 1.165) is 18.2 Å². The molecular weight excluding hydrogens is 335 g/mol. The van der Waals surface area contributed by atoms with Crippen LogP contribution in [-0.2, 0) is 6.54 Å². The third-order valence-electron chi connectivity index (χ3n) is 3.79. The van der Waals surface area contributed by atoms with Gasteiger partial charge in [-0.2, -0.15) is 0 Å². The fourth-order valence-electron chi connectivity index (χ4n) is 2.87. The summed E-state index contributed by atoms with van der Waals surface area (Å²) in [4.78, 5) is 2.57. The lowest BCUT2D eigenvalue weighted by Gasteiger charge is -2.32. The Kier molecular flexibility index (Phi) is 5.30. The lowest BCUT2D eigenvalue weighted by atomic mass is 9.92. The number of nitrogens with zero attached hydrogens (tertiary/aromatic N) is 1. The molecule has 0 amide bonds. The van der Waals surface area contributed by atoms with Crippen LogP contribution in [0, 0.1) is 9.49 Å². The van der Waals surface area contributed by atoms with Gasteiger partial charge in [-0.15, -0.1) is 0 Å². The smallest absolute Gasteiger partial charge is 0.0327 e. The van der Waals surface area contributed by atoms with Crippen molar-refractivity contribution in [2.75, 3.05) is 18.8 Å². The Labute approximate surface area is 124 Å². The summed E-state index contributed by atoms with van der Waals surface area (Å²) in [5, 5.41) is 0. The number of anilines is 1. The van der Waals surface area contributed by atoms with Crippen LogP contribution in [-0.4, -0.2) is 18.0 Å². The maximum atomic E-state index is 5.90. The lowest BCUT2D eigenvalue weighted by Crippen LogP contribution is -2.33. The predicted molar refractivity (Wildman–Crippen MR) is 86.5 cm³/mol. The molecule has 1 fully saturated rings. The zero-order valence-corrected chi connectivity index (χ0v) is 13.3. The van der Waals surface area contributed by atoms with Crippen molar-refractivity contribution in [3.05, 3.63) is 27.3 Å². The SMILES string of the molecule is CCCC1CCN(Cc2cc(N)cc(I)c2)CC1. The summed E-state index contributed by atoms with van der Waals surface area (Å²) >= 11 is 2.34. The number of piperidine rings is 1. The van der Waals surface area contributed by atoms with Crippen LogP contribution in [0.2, 0.25) is 0 Å². The molecule has 0 atom stereocenters. The minimum atomic E-state index is 0.887. The first kappa shape index (κ1) is 14.1. The molecule has 1 aromatic carbocycles. The standard InChI is InChI=1S/C15H23IN2/c1-2-3-12-4-6-18(7-5-12)11-13-8-14(16)10-15(17)9-13/h8-10,12H,2-7,11,17H2,1H3. The van der Waals surface area contributed by atoms with E-state index in [0.29, 0.717) is 0 Å². The van der Waals surface area contributed by atoms with Crippen molar-refractivity contribution in [2.24, 2.45) is 5.92 Å². The molecule has 2 nitrogen and oxygen atoms in total. The van der Waals surface area contributed by atoms with Gasteiger partial charge in [0.2, 0.25) is 0 Å². The molecule has 0 unspecified atom stereocenters. The number of benzene rings is 1. The Morgan fingerprint density at radius 2 is 2.00 bits per heavy atom. The van der Waals surface area contributed by atoms with Crippen LogP contribution in [0.25, 0.3) is 0 Å². The topological polar surface area (TPSA) is 29.3 Å². The van der Waals surface area contributed by atoms with Gasteiger partial charge >= 0.3 is 0 Å². The molecule has 2 N–H and O–H groups in total. The second kappa shape index (κ2) is 6.75. The molecule has 0 spiro atoms. The molecule has 0 bridgehead atoms. The zero-order chi connectivity index (χ0) is 13.0. The normalized spacial score (nSPS) is 18.1. The molecule has 1 saturated heterocycles. The van der Waals surface area contributed by atoms with E-state index in [2.05, 4.69) is 46.5 Å². The van der Waals surface area contributed by atoms with Crippen LogP contribution < -0.4 is 5.73 Å². The number of halogens is 1. The van der Waals surface area contributed by atoms with Gasteiger partial charge in [-0.1, -0.05) is 19.8 Å². The van der Waals surface area contributed by atoms with Crippen LogP contribution in [0.1, 0.15) is 38.2 Å². The molecule has 3 heteroatoms. The number of nitrogens with two attached hydrogens (primary N) is 1. The van der Waals surface area contributed by atoms with Gasteiger partial charge in [-0.05, 0) is 78.2 Å². The van der Waals surface area contributed by atoms with Gasteiger partial charge < -0.3 is 5.73 Å². The van der Waals surface area contributed by atoms with Gasteiger partial charge in [0.05, 0.1) is 0 Å². The van der Waals surface area contributed by atoms with Crippen molar-refractivity contribution < 1.29 is 0 Å². The highest BCUT2D eigenvalue weighted by Crippen LogP contribution is 2.23. The number of hydrogen-bond acceptors (Lipinski definition) is 2. The molecule has 1 aromatic rings. The molecule has 0 aliphatic carbocycles. The van der Waals surface area contributed by atoms with Crippen molar-refractivity contribution in [3.63, 3.8) is 0 Å². The molecule has 0 radical (unpaired) electrons. The van der Waals surface area contributed by atoms with Gasteiger partial charge in [0, 0.05) is 15.8 Å². The molecule has 1 aliphatic heterocycles. The summed E-state index contributed by atoms with van der Waals surface area (Å²) in [5.41, 5.74) is 8.14. The van der Waals surface area contributed by atoms with Crippen LogP contribution in [0.4, 0.5) is 5.69 Å². The molecular formula is C15H23IN2. The molecule has 100 valence electrons. The van der Waals surface area contributed by atoms with Gasteiger partial charge in [0.25, 0.3) is 0 Å². The highest BCUT2D eigenvalue weighted by Gasteiger charge is 2.18. The summed E-state index contributed by atoms with van der Waals surface area (Å²) in [6.07, 6.45) is 5.47. The molecule has 18 heavy (non-hydrogen) atoms. The van der Waals surface area contributed by atoms with Gasteiger partial charge in [0.15, 0.2) is 0 Å². The fraction of sp³-hybridized carbons (Fsp3) is 0.600. The summed E-state index contributed by atoms with van der Waals surface area (Å²) < 4.78 is 1.24. The highest BCUT2D eigenvalue weighted by molar-refractivity contribution is 14.1. The van der Waals surface area contributed by atoms with Crippen molar-refractivity contribution in [2.45, 2.75) is 39.2 Å². The van der Waals surface area contributed by atoms with E-state index >= 15 is 0 Å². The third-order valence-corrected chi connectivity index (χ3v) is 4.41. The summed E-state index contributed by atoms with van der Waals surface area (Å²) in [5.74, 6) is 0.965. The predicted octanol–water partition coefficient (Wildman–Crippen LogP) is 3.89. The van der Waals surface area contributed by atoms with E-state index in [1.807, 2.05) is 6.07 Å². The van der Waals surface area contributed by atoms with E-state index in [9.17, 15) is 0 Å². The minimum absolute atomic E-state index is 0.887. The van der Waals surface area contributed by atoms with E-state index in [-0.39, 0.29) is 0 Å². The van der Waals surface area contributed by atoms with Crippen molar-refractivity contribution in [1.29, 1.82) is 0 Å². The number of nitrogen functional groups attached to an aromatic ring is 1. The maximum absolute atomic E-state index is 5.90. The lowest BCUT2D eigenvalue weighted by molar-refractivity contribution is 0.172. The van der Waals surface area contributed by atoms with E-state index in [1.165, 1.54) is 47.9 Å². The average molecular weight is 358 g/mol. The Hall–Kier alpha value is -0.290. The van der Waals surface area contributed by atoms with Crippen LogP contribution in [0.3, 0.4) is 0 Å². The average Bonchev–Trinajstić information content (AvgIpc) is 2.31. The first-order chi connectivity index (χ1) is 8.67. The second-order valence-electron chi connectivity index (χ2n) is 5.40. The second-order valence-corrected chi connectivity index (χ2v) is 6.65. The number of rotatable bonds is 4. The first-order valence-electron chi connectivity index (χ1n) is 6.94. The zero-order valence-electron chi connectivity index (χ0n) is 11.2. The van der Waals surface area contributed by atoms with Gasteiger partial charge in [0.1, 0.15) is 0 Å². The monoisotopic (exact) mass is 358 g/mol. The molecule has 1 aliphatic rings. The third kappa shape index (κ3) is 4.12. The maximum Gasteiger partial charge on any atom is 0.0327 e. The highest BCUT2D eigenvalue weighted by atomic mass is 127. The Bertz CT molecular complexity index is 364. The van der Waals surface area contributed by atoms with Crippen LogP contribution in [0.15, 0.2) is 18.2 Å². The van der Waals surface area contributed by atoms with E-state index < -0.39 is 0 Å². The van der Waals surface area contributed by atoms with Crippen LogP contribution in [0.5, 0.6) is 0 Å². The quantitative estimate of drug-likeness (QED) is 0.654. The van der Waals surface area contributed by atoms with Crippen molar-refractivity contribution >= 4 is 28.3 Å². The fourth-order valence-corrected chi connectivity index (χ4v) is 3.63. The summed E-state index contributed by atoms with van der Waals surface area (Å²) in [6, 6.07) is 6.38. The molecule has 0 saturated carbocycles. The minimum Gasteiger partial charge on any atom is -0.399 e.